The third kappa shape index (κ3) is 2.85. The summed E-state index contributed by atoms with van der Waals surface area (Å²) in [5.74, 6) is 1.14. The van der Waals surface area contributed by atoms with Crippen molar-refractivity contribution in [2.24, 2.45) is 0 Å². The van der Waals surface area contributed by atoms with Crippen LogP contribution in [0.25, 0.3) is 0 Å². The second kappa shape index (κ2) is 5.56. The van der Waals surface area contributed by atoms with Gasteiger partial charge in [0, 0.05) is 19.2 Å². The van der Waals surface area contributed by atoms with Crippen LogP contribution >= 0.6 is 0 Å². The number of aryl methyl sites for hydroxylation is 2. The minimum absolute atomic E-state index is 0.0834. The Labute approximate surface area is 116 Å². The zero-order valence-electron chi connectivity index (χ0n) is 11.5. The molecule has 104 valence electrons. The Morgan fingerprint density at radius 2 is 1.95 bits per heavy atom. The molecule has 1 aromatic heterocycles. The second-order valence-corrected chi connectivity index (χ2v) is 4.37. The Hall–Kier alpha value is -2.63. The molecule has 0 radical (unpaired) electrons. The highest BCUT2D eigenvalue weighted by Gasteiger charge is 2.15. The van der Waals surface area contributed by atoms with E-state index in [1.807, 2.05) is 32.0 Å². The monoisotopic (exact) mass is 273 g/mol. The lowest BCUT2D eigenvalue weighted by atomic mass is 10.1. The van der Waals surface area contributed by atoms with E-state index in [1.54, 1.807) is 7.05 Å². The zero-order valence-corrected chi connectivity index (χ0v) is 11.5. The van der Waals surface area contributed by atoms with Crippen molar-refractivity contribution < 1.29 is 9.66 Å². The zero-order chi connectivity index (χ0) is 14.7. The first-order valence-electron chi connectivity index (χ1n) is 6.09. The maximum atomic E-state index is 10.8. The largest absolute Gasteiger partial charge is 0.439 e. The molecule has 2 rings (SSSR count). The summed E-state index contributed by atoms with van der Waals surface area (Å²) in [6.45, 7) is 4.01. The van der Waals surface area contributed by atoms with Gasteiger partial charge in [0.1, 0.15) is 5.75 Å². The molecule has 0 atom stereocenters. The van der Waals surface area contributed by atoms with E-state index < -0.39 is 4.92 Å². The van der Waals surface area contributed by atoms with Gasteiger partial charge < -0.3 is 10.1 Å². The second-order valence-electron chi connectivity index (χ2n) is 4.37. The van der Waals surface area contributed by atoms with Crippen molar-refractivity contribution in [2.45, 2.75) is 13.8 Å². The lowest BCUT2D eigenvalue weighted by molar-refractivity contribution is -0.384. The van der Waals surface area contributed by atoms with E-state index in [2.05, 4.69) is 10.3 Å². The number of aromatic nitrogens is 1. The van der Waals surface area contributed by atoms with Crippen LogP contribution in [0.2, 0.25) is 0 Å². The number of ether oxygens (including phenoxy) is 1. The van der Waals surface area contributed by atoms with Crippen LogP contribution in [-0.4, -0.2) is 17.0 Å². The Kier molecular flexibility index (Phi) is 3.84. The van der Waals surface area contributed by atoms with Crippen LogP contribution < -0.4 is 10.1 Å². The molecule has 0 saturated heterocycles. The van der Waals surface area contributed by atoms with E-state index in [0.717, 1.165) is 5.56 Å². The van der Waals surface area contributed by atoms with E-state index >= 15 is 0 Å². The molecule has 0 saturated carbocycles. The molecule has 0 amide bonds. The highest BCUT2D eigenvalue weighted by atomic mass is 16.6. The SMILES string of the molecule is CNc1nc(Oc2ccc(C)c(C)c2)ccc1[N+](=O)[O-]. The molecule has 1 N–H and O–H groups in total. The van der Waals surface area contributed by atoms with E-state index in [9.17, 15) is 10.1 Å². The van der Waals surface area contributed by atoms with Crippen molar-refractivity contribution in [3.05, 3.63) is 51.6 Å². The average Bonchev–Trinajstić information content (AvgIpc) is 2.42. The average molecular weight is 273 g/mol. The number of hydrogen-bond donors (Lipinski definition) is 1. The molecular weight excluding hydrogens is 258 g/mol. The predicted molar refractivity (Wildman–Crippen MR) is 76.4 cm³/mol. The molecule has 6 nitrogen and oxygen atoms in total. The molecule has 20 heavy (non-hydrogen) atoms. The smallest absolute Gasteiger partial charge is 0.311 e. The Morgan fingerprint density at radius 3 is 2.55 bits per heavy atom. The molecule has 2 aromatic rings. The Bertz CT molecular complexity index is 656. The first-order valence-corrected chi connectivity index (χ1v) is 6.09. The predicted octanol–water partition coefficient (Wildman–Crippen LogP) is 3.44. The first kappa shape index (κ1) is 13.8. The van der Waals surface area contributed by atoms with Gasteiger partial charge >= 0.3 is 5.69 Å². The van der Waals surface area contributed by atoms with Gasteiger partial charge in [-0.15, -0.1) is 0 Å². The van der Waals surface area contributed by atoms with E-state index in [-0.39, 0.29) is 11.5 Å². The van der Waals surface area contributed by atoms with Crippen LogP contribution in [0.4, 0.5) is 11.5 Å². The van der Waals surface area contributed by atoms with E-state index in [4.69, 9.17) is 4.74 Å². The summed E-state index contributed by atoms with van der Waals surface area (Å²) in [5.41, 5.74) is 2.20. The fourth-order valence-electron chi connectivity index (χ4n) is 1.72. The van der Waals surface area contributed by atoms with Crippen LogP contribution in [-0.2, 0) is 0 Å². The van der Waals surface area contributed by atoms with Crippen LogP contribution in [0.1, 0.15) is 11.1 Å². The molecular formula is C14H15N3O3. The van der Waals surface area contributed by atoms with Crippen molar-refractivity contribution in [2.75, 3.05) is 12.4 Å². The standard InChI is InChI=1S/C14H15N3O3/c1-9-4-5-11(8-10(9)2)20-13-7-6-12(17(18)19)14(15-3)16-13/h4-8H,1-3H3,(H,15,16). The van der Waals surface area contributed by atoms with Gasteiger partial charge in [-0.25, -0.2) is 0 Å². The highest BCUT2D eigenvalue weighted by Crippen LogP contribution is 2.28. The number of anilines is 1. The Morgan fingerprint density at radius 1 is 1.20 bits per heavy atom. The molecule has 0 unspecified atom stereocenters. The van der Waals surface area contributed by atoms with Crippen molar-refractivity contribution in [3.8, 4) is 11.6 Å². The van der Waals surface area contributed by atoms with E-state index in [1.165, 1.54) is 17.7 Å². The van der Waals surface area contributed by atoms with Gasteiger partial charge in [0.05, 0.1) is 4.92 Å². The number of pyridine rings is 1. The minimum atomic E-state index is -0.487. The van der Waals surface area contributed by atoms with Gasteiger partial charge in [0.15, 0.2) is 0 Å². The Balaban J connectivity index is 2.29. The molecule has 0 aliphatic carbocycles. The molecule has 6 heteroatoms. The van der Waals surface area contributed by atoms with Crippen LogP contribution in [0.5, 0.6) is 11.6 Å². The summed E-state index contributed by atoms with van der Waals surface area (Å²) < 4.78 is 5.62. The van der Waals surface area contributed by atoms with Crippen molar-refractivity contribution in [1.29, 1.82) is 0 Å². The lowest BCUT2D eigenvalue weighted by Crippen LogP contribution is -2.00. The summed E-state index contributed by atoms with van der Waals surface area (Å²) in [6.07, 6.45) is 0. The van der Waals surface area contributed by atoms with Crippen LogP contribution in [0, 0.1) is 24.0 Å². The van der Waals surface area contributed by atoms with Crippen LogP contribution in [0.3, 0.4) is 0 Å². The summed E-state index contributed by atoms with van der Waals surface area (Å²) in [5, 5.41) is 13.5. The lowest BCUT2D eigenvalue weighted by Gasteiger charge is -2.08. The van der Waals surface area contributed by atoms with Crippen molar-refractivity contribution in [1.82, 2.24) is 4.98 Å². The minimum Gasteiger partial charge on any atom is -0.439 e. The number of rotatable bonds is 4. The number of nitrogens with zero attached hydrogens (tertiary/aromatic N) is 2. The number of hydrogen-bond acceptors (Lipinski definition) is 5. The van der Waals surface area contributed by atoms with Gasteiger partial charge in [-0.2, -0.15) is 4.98 Å². The highest BCUT2D eigenvalue weighted by molar-refractivity contribution is 5.56. The third-order valence-corrected chi connectivity index (χ3v) is 2.98. The van der Waals surface area contributed by atoms with Crippen molar-refractivity contribution >= 4 is 11.5 Å². The van der Waals surface area contributed by atoms with Gasteiger partial charge in [0.25, 0.3) is 0 Å². The maximum Gasteiger partial charge on any atom is 0.311 e. The topological polar surface area (TPSA) is 77.3 Å². The quantitative estimate of drug-likeness (QED) is 0.682. The number of nitrogens with one attached hydrogen (secondary N) is 1. The summed E-state index contributed by atoms with van der Waals surface area (Å²) in [7, 11) is 1.58. The molecule has 0 spiro atoms. The van der Waals surface area contributed by atoms with E-state index in [0.29, 0.717) is 11.6 Å². The van der Waals surface area contributed by atoms with Gasteiger partial charge in [-0.1, -0.05) is 6.07 Å². The molecule has 0 fully saturated rings. The van der Waals surface area contributed by atoms with Gasteiger partial charge in [0.2, 0.25) is 11.7 Å². The van der Waals surface area contributed by atoms with Gasteiger partial charge in [-0.05, 0) is 37.1 Å². The molecule has 0 aliphatic rings. The summed E-state index contributed by atoms with van der Waals surface area (Å²) >= 11 is 0. The molecule has 1 heterocycles. The summed E-state index contributed by atoms with van der Waals surface area (Å²) in [4.78, 5) is 14.4. The fourth-order valence-corrected chi connectivity index (χ4v) is 1.72. The molecule has 1 aromatic carbocycles. The first-order chi connectivity index (χ1) is 9.51. The number of benzene rings is 1. The van der Waals surface area contributed by atoms with Gasteiger partial charge in [-0.3, -0.25) is 10.1 Å². The van der Waals surface area contributed by atoms with Crippen molar-refractivity contribution in [3.63, 3.8) is 0 Å². The molecule has 0 aliphatic heterocycles. The van der Waals surface area contributed by atoms with Crippen LogP contribution in [0.15, 0.2) is 30.3 Å². The fraction of sp³-hybridized carbons (Fsp3) is 0.214. The maximum absolute atomic E-state index is 10.8. The number of nitro groups is 1. The molecule has 0 bridgehead atoms. The normalized spacial score (nSPS) is 10.2. The summed E-state index contributed by atoms with van der Waals surface area (Å²) in [6, 6.07) is 8.54. The third-order valence-electron chi connectivity index (χ3n) is 2.98.